The molecule has 1 N–H and O–H groups in total. The Morgan fingerprint density at radius 3 is 2.02 bits per heavy atom. The fraction of sp³-hybridized carbons (Fsp3) is 0.0256. The lowest BCUT2D eigenvalue weighted by atomic mass is 10.1. The summed E-state index contributed by atoms with van der Waals surface area (Å²) in [5, 5.41) is 9.93. The van der Waals surface area contributed by atoms with Crippen LogP contribution in [0.3, 0.4) is 0 Å². The lowest BCUT2D eigenvalue weighted by Crippen LogP contribution is -2.35. The largest absolute Gasteiger partial charge is 0.452 e. The number of fused-ring (bicyclic) bond motifs is 10. The van der Waals surface area contributed by atoms with Crippen molar-refractivity contribution in [1.82, 2.24) is 9.88 Å². The third kappa shape index (κ3) is 3.57. The normalized spacial score (nSPS) is 15.3. The predicted molar refractivity (Wildman–Crippen MR) is 182 cm³/mol. The summed E-state index contributed by atoms with van der Waals surface area (Å²) in [6.07, 6.45) is -0.301. The van der Waals surface area contributed by atoms with Crippen molar-refractivity contribution in [3.8, 4) is 0 Å². The molecule has 4 heterocycles. The highest BCUT2D eigenvalue weighted by molar-refractivity contribution is 6.24. The van der Waals surface area contributed by atoms with E-state index in [1.165, 1.54) is 0 Å². The number of aromatic nitrogens is 1. The molecule has 6 nitrogen and oxygen atoms in total. The van der Waals surface area contributed by atoms with Gasteiger partial charge in [-0.25, -0.2) is 4.99 Å². The fourth-order valence-electron chi connectivity index (χ4n) is 6.78. The minimum atomic E-state index is -0.301. The second-order valence-corrected chi connectivity index (χ2v) is 11.5. The summed E-state index contributed by atoms with van der Waals surface area (Å²) < 4.78 is 15.1. The summed E-state index contributed by atoms with van der Waals surface area (Å²) in [6, 6.07) is 45.7. The van der Waals surface area contributed by atoms with Gasteiger partial charge in [-0.15, -0.1) is 0 Å². The molecule has 212 valence electrons. The van der Waals surface area contributed by atoms with E-state index in [1.807, 2.05) is 54.6 Å². The molecule has 0 saturated heterocycles. The van der Waals surface area contributed by atoms with Gasteiger partial charge in [0.05, 0.1) is 11.0 Å². The topological polar surface area (TPSA) is 68.0 Å². The van der Waals surface area contributed by atoms with Gasteiger partial charge in [-0.05, 0) is 42.0 Å². The number of furan rings is 2. The maximum absolute atomic E-state index is 6.59. The summed E-state index contributed by atoms with van der Waals surface area (Å²) >= 11 is 0. The number of nitrogens with zero attached hydrogens (tertiary/aromatic N) is 3. The molecular formula is C39H24N4O2. The van der Waals surface area contributed by atoms with Crippen molar-refractivity contribution in [3.05, 3.63) is 145 Å². The number of amidine groups is 1. The first-order valence-corrected chi connectivity index (χ1v) is 15.0. The lowest BCUT2D eigenvalue weighted by Gasteiger charge is -2.24. The summed E-state index contributed by atoms with van der Waals surface area (Å²) in [4.78, 5) is 10.4. The van der Waals surface area contributed by atoms with Gasteiger partial charge < -0.3 is 14.2 Å². The molecule has 0 spiro atoms. The number of aliphatic imine (C=N–C) groups is 2. The Morgan fingerprint density at radius 2 is 1.20 bits per heavy atom. The molecule has 0 radical (unpaired) electrons. The fourth-order valence-corrected chi connectivity index (χ4v) is 6.78. The second-order valence-electron chi connectivity index (χ2n) is 11.5. The van der Waals surface area contributed by atoms with Crippen LogP contribution >= 0.6 is 0 Å². The van der Waals surface area contributed by atoms with Crippen LogP contribution in [-0.2, 0) is 0 Å². The minimum absolute atomic E-state index is 0.301. The standard InChI is InChI=1S/C39H24N4O2/c1-3-11-23(12-4-1)37-40-38(24-13-5-2-6-14-24)42-39(41-37)43-31-17-9-7-15-25(31)29-22-34-30(21-32(29)43)28-20-19-27-26-16-8-10-18-33(26)44-35(27)36(28)45-34/h1-22,37H,(H,40,41,42). The number of rotatable bonds is 2. The van der Waals surface area contributed by atoms with Crippen LogP contribution in [0.15, 0.2) is 152 Å². The molecule has 10 rings (SSSR count). The van der Waals surface area contributed by atoms with Gasteiger partial charge in [0, 0.05) is 37.9 Å². The molecule has 3 aromatic heterocycles. The van der Waals surface area contributed by atoms with Crippen LogP contribution in [0.5, 0.6) is 0 Å². The summed E-state index contributed by atoms with van der Waals surface area (Å²) in [5.41, 5.74) is 7.32. The van der Waals surface area contributed by atoms with Crippen molar-refractivity contribution in [3.63, 3.8) is 0 Å². The zero-order chi connectivity index (χ0) is 29.5. The third-order valence-corrected chi connectivity index (χ3v) is 8.87. The van der Waals surface area contributed by atoms with Crippen LogP contribution in [-0.4, -0.2) is 16.4 Å². The Bertz CT molecular complexity index is 2680. The average molecular weight is 581 g/mol. The maximum Gasteiger partial charge on any atom is 0.234 e. The van der Waals surface area contributed by atoms with Gasteiger partial charge in [0.25, 0.3) is 0 Å². The van der Waals surface area contributed by atoms with E-state index < -0.39 is 0 Å². The highest BCUT2D eigenvalue weighted by atomic mass is 16.4. The first-order valence-electron chi connectivity index (χ1n) is 15.0. The molecule has 0 amide bonds. The number of para-hydroxylation sites is 2. The highest BCUT2D eigenvalue weighted by Gasteiger charge is 2.25. The molecule has 1 aliphatic heterocycles. The summed E-state index contributed by atoms with van der Waals surface area (Å²) in [5.74, 6) is 1.40. The van der Waals surface area contributed by atoms with Crippen LogP contribution in [0.25, 0.3) is 65.7 Å². The minimum Gasteiger partial charge on any atom is -0.452 e. The molecule has 1 atom stereocenters. The molecular weight excluding hydrogens is 556 g/mol. The predicted octanol–water partition coefficient (Wildman–Crippen LogP) is 9.55. The molecule has 0 saturated carbocycles. The molecule has 45 heavy (non-hydrogen) atoms. The van der Waals surface area contributed by atoms with Crippen LogP contribution in [0.4, 0.5) is 0 Å². The van der Waals surface area contributed by atoms with Gasteiger partial charge in [0.2, 0.25) is 5.96 Å². The quantitative estimate of drug-likeness (QED) is 0.221. The van der Waals surface area contributed by atoms with Gasteiger partial charge in [0.15, 0.2) is 11.2 Å². The monoisotopic (exact) mass is 580 g/mol. The molecule has 1 unspecified atom stereocenters. The number of hydrogen-bond acceptors (Lipinski definition) is 5. The zero-order valence-corrected chi connectivity index (χ0v) is 23.9. The number of hydrogen-bond donors (Lipinski definition) is 1. The maximum atomic E-state index is 6.59. The smallest absolute Gasteiger partial charge is 0.234 e. The van der Waals surface area contributed by atoms with Gasteiger partial charge >= 0.3 is 0 Å². The van der Waals surface area contributed by atoms with Crippen molar-refractivity contribution in [1.29, 1.82) is 0 Å². The van der Waals surface area contributed by atoms with Crippen molar-refractivity contribution in [2.45, 2.75) is 6.17 Å². The first kappa shape index (κ1) is 24.3. The van der Waals surface area contributed by atoms with Crippen molar-refractivity contribution >= 4 is 77.5 Å². The van der Waals surface area contributed by atoms with E-state index in [1.54, 1.807) is 0 Å². The summed E-state index contributed by atoms with van der Waals surface area (Å²) in [7, 11) is 0. The molecule has 0 fully saturated rings. The molecule has 0 bridgehead atoms. The highest BCUT2D eigenvalue weighted by Crippen LogP contribution is 2.41. The Kier molecular flexibility index (Phi) is 4.96. The van der Waals surface area contributed by atoms with E-state index in [9.17, 15) is 0 Å². The molecule has 9 aromatic rings. The molecule has 6 heteroatoms. The van der Waals surface area contributed by atoms with Crippen LogP contribution in [0, 0.1) is 0 Å². The molecule has 0 aliphatic carbocycles. The van der Waals surface area contributed by atoms with Crippen LogP contribution in [0.2, 0.25) is 0 Å². The van der Waals surface area contributed by atoms with Gasteiger partial charge in [-0.1, -0.05) is 97.1 Å². The van der Waals surface area contributed by atoms with Gasteiger partial charge in [-0.2, -0.15) is 4.99 Å². The SMILES string of the molecule is c1ccc(C2=NC(n3c4ccccc4c4cc5oc6c(ccc7c8ccccc8oc76)c5cc43)=NC(c3ccccc3)N2)cc1. The average Bonchev–Trinajstić information content (AvgIpc) is 3.77. The van der Waals surface area contributed by atoms with E-state index >= 15 is 0 Å². The Labute approximate surface area is 256 Å². The van der Waals surface area contributed by atoms with E-state index in [0.29, 0.717) is 5.96 Å². The zero-order valence-electron chi connectivity index (χ0n) is 23.9. The van der Waals surface area contributed by atoms with E-state index in [2.05, 4.69) is 88.7 Å². The Morgan fingerprint density at radius 1 is 0.533 bits per heavy atom. The Balaban J connectivity index is 1.26. The van der Waals surface area contributed by atoms with Crippen LogP contribution in [0.1, 0.15) is 17.3 Å². The Hall–Kier alpha value is -6.14. The molecule has 6 aromatic carbocycles. The van der Waals surface area contributed by atoms with Crippen molar-refractivity contribution in [2.75, 3.05) is 0 Å². The van der Waals surface area contributed by atoms with E-state index in [0.717, 1.165) is 82.6 Å². The second kappa shape index (κ2) is 9.18. The van der Waals surface area contributed by atoms with Gasteiger partial charge in [-0.3, -0.25) is 4.57 Å². The van der Waals surface area contributed by atoms with Crippen LogP contribution < -0.4 is 5.32 Å². The number of benzene rings is 6. The third-order valence-electron chi connectivity index (χ3n) is 8.87. The molecule has 1 aliphatic rings. The van der Waals surface area contributed by atoms with Crippen molar-refractivity contribution < 1.29 is 8.83 Å². The lowest BCUT2D eigenvalue weighted by molar-refractivity contribution is 0.633. The van der Waals surface area contributed by atoms with Crippen molar-refractivity contribution in [2.24, 2.45) is 9.98 Å². The summed E-state index contributed by atoms with van der Waals surface area (Å²) in [6.45, 7) is 0. The first-order chi connectivity index (χ1) is 22.3. The van der Waals surface area contributed by atoms with E-state index in [-0.39, 0.29) is 6.17 Å². The van der Waals surface area contributed by atoms with Gasteiger partial charge in [0.1, 0.15) is 23.2 Å². The number of nitrogens with one attached hydrogen (secondary N) is 1. The van der Waals surface area contributed by atoms with E-state index in [4.69, 9.17) is 18.8 Å².